The molecular weight excluding hydrogens is 416 g/mol. The number of amides is 2. The molecule has 0 radical (unpaired) electrons. The number of hydrogen-bond acceptors (Lipinski definition) is 5. The third-order valence-corrected chi connectivity index (χ3v) is 6.86. The van der Waals surface area contributed by atoms with E-state index in [1.54, 1.807) is 23.1 Å². The number of anilines is 1. The van der Waals surface area contributed by atoms with Crippen molar-refractivity contribution in [1.29, 1.82) is 0 Å². The Kier molecular flexibility index (Phi) is 5.77. The van der Waals surface area contributed by atoms with E-state index in [-0.39, 0.29) is 23.3 Å². The first-order chi connectivity index (χ1) is 14.9. The molecule has 2 aromatic rings. The summed E-state index contributed by atoms with van der Waals surface area (Å²) >= 11 is 0. The van der Waals surface area contributed by atoms with Crippen LogP contribution in [0.15, 0.2) is 57.8 Å². The van der Waals surface area contributed by atoms with Gasteiger partial charge in [-0.05, 0) is 43.0 Å². The average molecular weight is 441 g/mol. The van der Waals surface area contributed by atoms with E-state index in [1.165, 1.54) is 6.07 Å². The van der Waals surface area contributed by atoms with Crippen LogP contribution in [0.3, 0.4) is 0 Å². The molecule has 1 atom stereocenters. The number of carbonyl (C=O) groups excluding carboxylic acids is 2. The molecule has 2 aromatic carbocycles. The second-order valence-corrected chi connectivity index (χ2v) is 9.09. The summed E-state index contributed by atoms with van der Waals surface area (Å²) < 4.78 is 28.7. The number of para-hydroxylation sites is 1. The maximum absolute atomic E-state index is 12.8. The predicted octanol–water partition coefficient (Wildman–Crippen LogP) is 1.92. The zero-order valence-corrected chi connectivity index (χ0v) is 18.0. The molecule has 0 aliphatic carbocycles. The van der Waals surface area contributed by atoms with Crippen LogP contribution in [0.2, 0.25) is 0 Å². The van der Waals surface area contributed by atoms with Crippen LogP contribution in [-0.4, -0.2) is 50.1 Å². The van der Waals surface area contributed by atoms with Crippen molar-refractivity contribution >= 4 is 33.4 Å². The molecule has 0 bridgehead atoms. The molecule has 1 fully saturated rings. The summed E-state index contributed by atoms with van der Waals surface area (Å²) in [6, 6.07) is 13.6. The molecule has 0 aromatic heterocycles. The van der Waals surface area contributed by atoms with Crippen molar-refractivity contribution < 1.29 is 18.0 Å². The molecule has 2 N–H and O–H groups in total. The SMILES string of the molecule is CCc1ccccc1NC(=O)CNC(=O)C1CCCN1C1=NS(=O)(=O)c2ccccc21. The first-order valence-corrected chi connectivity index (χ1v) is 11.7. The van der Waals surface area contributed by atoms with Crippen molar-refractivity contribution in [3.8, 4) is 0 Å². The second-order valence-electron chi connectivity index (χ2n) is 7.51. The largest absolute Gasteiger partial charge is 0.345 e. The predicted molar refractivity (Wildman–Crippen MR) is 117 cm³/mol. The van der Waals surface area contributed by atoms with Gasteiger partial charge in [0.05, 0.1) is 6.54 Å². The molecule has 2 amide bonds. The molecule has 9 heteroatoms. The van der Waals surface area contributed by atoms with Crippen LogP contribution in [-0.2, 0) is 26.0 Å². The monoisotopic (exact) mass is 440 g/mol. The van der Waals surface area contributed by atoms with Crippen LogP contribution in [0.25, 0.3) is 0 Å². The van der Waals surface area contributed by atoms with Gasteiger partial charge in [0, 0.05) is 17.8 Å². The third kappa shape index (κ3) is 4.18. The molecule has 162 valence electrons. The number of likely N-dealkylation sites (tertiary alicyclic amines) is 1. The molecule has 1 unspecified atom stereocenters. The number of aryl methyl sites for hydroxylation is 1. The molecule has 2 aliphatic rings. The lowest BCUT2D eigenvalue weighted by Gasteiger charge is -2.25. The molecule has 0 spiro atoms. The van der Waals surface area contributed by atoms with E-state index >= 15 is 0 Å². The Morgan fingerprint density at radius 2 is 1.87 bits per heavy atom. The summed E-state index contributed by atoms with van der Waals surface area (Å²) in [4.78, 5) is 27.1. The number of nitrogens with one attached hydrogen (secondary N) is 2. The lowest BCUT2D eigenvalue weighted by molar-refractivity contribution is -0.126. The maximum Gasteiger partial charge on any atom is 0.285 e. The first-order valence-electron chi connectivity index (χ1n) is 10.3. The van der Waals surface area contributed by atoms with Gasteiger partial charge in [-0.2, -0.15) is 8.42 Å². The van der Waals surface area contributed by atoms with Crippen molar-refractivity contribution in [3.05, 3.63) is 59.7 Å². The molecule has 0 saturated carbocycles. The van der Waals surface area contributed by atoms with Gasteiger partial charge in [0.25, 0.3) is 10.0 Å². The van der Waals surface area contributed by atoms with E-state index in [2.05, 4.69) is 15.0 Å². The van der Waals surface area contributed by atoms with Crippen molar-refractivity contribution in [1.82, 2.24) is 10.2 Å². The van der Waals surface area contributed by atoms with Crippen LogP contribution in [0.4, 0.5) is 5.69 Å². The van der Waals surface area contributed by atoms with E-state index in [4.69, 9.17) is 0 Å². The van der Waals surface area contributed by atoms with Gasteiger partial charge in [-0.3, -0.25) is 9.59 Å². The number of amidine groups is 1. The highest BCUT2D eigenvalue weighted by atomic mass is 32.2. The quantitative estimate of drug-likeness (QED) is 0.739. The van der Waals surface area contributed by atoms with Gasteiger partial charge in [-0.15, -0.1) is 4.40 Å². The molecule has 4 rings (SSSR count). The Labute approximate surface area is 181 Å². The molecule has 2 heterocycles. The zero-order chi connectivity index (χ0) is 22.0. The number of rotatable bonds is 5. The summed E-state index contributed by atoms with van der Waals surface area (Å²) in [5.41, 5.74) is 2.26. The number of fused-ring (bicyclic) bond motifs is 1. The Hall–Kier alpha value is -3.20. The van der Waals surface area contributed by atoms with E-state index in [0.717, 1.165) is 24.1 Å². The lowest BCUT2D eigenvalue weighted by atomic mass is 10.1. The van der Waals surface area contributed by atoms with Gasteiger partial charge in [-0.25, -0.2) is 0 Å². The van der Waals surface area contributed by atoms with E-state index < -0.39 is 16.1 Å². The lowest BCUT2D eigenvalue weighted by Crippen LogP contribution is -2.47. The van der Waals surface area contributed by atoms with Crippen molar-refractivity contribution in [2.75, 3.05) is 18.4 Å². The van der Waals surface area contributed by atoms with Crippen LogP contribution in [0.5, 0.6) is 0 Å². The maximum atomic E-state index is 12.8. The molecule has 31 heavy (non-hydrogen) atoms. The fourth-order valence-electron chi connectivity index (χ4n) is 4.02. The van der Waals surface area contributed by atoms with Crippen LogP contribution in [0, 0.1) is 0 Å². The highest BCUT2D eigenvalue weighted by molar-refractivity contribution is 7.90. The average Bonchev–Trinajstić information content (AvgIpc) is 3.35. The second kappa shape index (κ2) is 8.50. The van der Waals surface area contributed by atoms with E-state index in [9.17, 15) is 18.0 Å². The minimum atomic E-state index is -3.76. The molecule has 8 nitrogen and oxygen atoms in total. The van der Waals surface area contributed by atoms with Crippen molar-refractivity contribution in [3.63, 3.8) is 0 Å². The number of sulfonamides is 1. The Morgan fingerprint density at radius 3 is 2.68 bits per heavy atom. The topological polar surface area (TPSA) is 108 Å². The molecular formula is C22H24N4O4S. The summed E-state index contributed by atoms with van der Waals surface area (Å²) in [5, 5.41) is 5.51. The van der Waals surface area contributed by atoms with E-state index in [0.29, 0.717) is 24.4 Å². The smallest absolute Gasteiger partial charge is 0.285 e. The van der Waals surface area contributed by atoms with Crippen LogP contribution < -0.4 is 10.6 Å². The van der Waals surface area contributed by atoms with E-state index in [1.807, 2.05) is 31.2 Å². The highest BCUT2D eigenvalue weighted by Gasteiger charge is 2.39. The third-order valence-electron chi connectivity index (χ3n) is 5.54. The van der Waals surface area contributed by atoms with Gasteiger partial charge in [-0.1, -0.05) is 37.3 Å². The minimum absolute atomic E-state index is 0.157. The first kappa shape index (κ1) is 21.0. The fraction of sp³-hybridized carbons (Fsp3) is 0.318. The Balaban J connectivity index is 1.43. The van der Waals surface area contributed by atoms with Gasteiger partial charge < -0.3 is 15.5 Å². The Bertz CT molecular complexity index is 1160. The Morgan fingerprint density at radius 1 is 1.13 bits per heavy atom. The minimum Gasteiger partial charge on any atom is -0.345 e. The van der Waals surface area contributed by atoms with Gasteiger partial charge in [0.1, 0.15) is 10.9 Å². The number of carbonyl (C=O) groups is 2. The van der Waals surface area contributed by atoms with Gasteiger partial charge >= 0.3 is 0 Å². The number of nitrogens with zero attached hydrogens (tertiary/aromatic N) is 2. The van der Waals surface area contributed by atoms with Gasteiger partial charge in [0.15, 0.2) is 5.84 Å². The van der Waals surface area contributed by atoms with Crippen LogP contribution in [0.1, 0.15) is 30.9 Å². The van der Waals surface area contributed by atoms with Gasteiger partial charge in [0.2, 0.25) is 11.8 Å². The summed E-state index contributed by atoms with van der Waals surface area (Å²) in [5.74, 6) is -0.333. The number of hydrogen-bond donors (Lipinski definition) is 2. The van der Waals surface area contributed by atoms with Crippen molar-refractivity contribution in [2.24, 2.45) is 4.40 Å². The summed E-state index contributed by atoms with van der Waals surface area (Å²) in [6.07, 6.45) is 2.08. The zero-order valence-electron chi connectivity index (χ0n) is 17.2. The summed E-state index contributed by atoms with van der Waals surface area (Å²) in [6.45, 7) is 2.37. The normalized spacial score (nSPS) is 18.9. The van der Waals surface area contributed by atoms with Crippen LogP contribution >= 0.6 is 0 Å². The molecule has 1 saturated heterocycles. The standard InChI is InChI=1S/C22H24N4O4S/c1-2-15-8-3-5-10-17(15)24-20(27)14-23-22(28)18-11-7-13-26(18)21-16-9-4-6-12-19(16)31(29,30)25-21/h3-6,8-10,12,18H,2,7,11,13-14H2,1H3,(H,23,28)(H,24,27). The summed E-state index contributed by atoms with van der Waals surface area (Å²) in [7, 11) is -3.76. The number of benzene rings is 2. The highest BCUT2D eigenvalue weighted by Crippen LogP contribution is 2.31. The molecule has 2 aliphatic heterocycles. The fourth-order valence-corrected chi connectivity index (χ4v) is 5.24. The van der Waals surface area contributed by atoms with Crippen molar-refractivity contribution in [2.45, 2.75) is 37.1 Å².